The van der Waals surface area contributed by atoms with Gasteiger partial charge in [-0.05, 0) is 98.7 Å². The normalized spacial score (nSPS) is 57.7. The lowest BCUT2D eigenvalue weighted by Crippen LogP contribution is -2.65. The van der Waals surface area contributed by atoms with Crippen molar-refractivity contribution in [1.82, 2.24) is 0 Å². The van der Waals surface area contributed by atoms with Gasteiger partial charge in [0.2, 0.25) is 0 Å². The van der Waals surface area contributed by atoms with Crippen LogP contribution in [0.5, 0.6) is 0 Å². The highest BCUT2D eigenvalue weighted by Gasteiger charge is 2.69. The molecule has 1 spiro atoms. The van der Waals surface area contributed by atoms with Crippen LogP contribution in [-0.4, -0.2) is 165 Å². The van der Waals surface area contributed by atoms with Crippen LogP contribution in [0.4, 0.5) is 0 Å². The van der Waals surface area contributed by atoms with Crippen LogP contribution in [0.25, 0.3) is 0 Å². The Labute approximate surface area is 352 Å². The molecule has 25 atom stereocenters. The molecule has 16 heteroatoms. The number of rotatable bonds is 8. The first kappa shape index (κ1) is 44.3. The van der Waals surface area contributed by atoms with Crippen LogP contribution < -0.4 is 0 Å². The zero-order chi connectivity index (χ0) is 42.6. The van der Waals surface area contributed by atoms with Crippen LogP contribution in [0.15, 0.2) is 11.6 Å². The average molecular weight is 855 g/mol. The topological polar surface area (TPSA) is 236 Å². The van der Waals surface area contributed by atoms with Crippen molar-refractivity contribution in [3.63, 3.8) is 0 Å². The number of ether oxygens (including phenoxy) is 8. The molecule has 60 heavy (non-hydrogen) atoms. The van der Waals surface area contributed by atoms with Crippen LogP contribution in [0.1, 0.15) is 92.4 Å². The minimum atomic E-state index is -1.70. The largest absolute Gasteiger partial charge is 0.394 e. The van der Waals surface area contributed by atoms with Crippen molar-refractivity contribution >= 4 is 0 Å². The summed E-state index contributed by atoms with van der Waals surface area (Å²) in [5, 5.41) is 84.8. The molecule has 9 aliphatic rings. The smallest absolute Gasteiger partial charge is 0.187 e. The number of allylic oxidation sites excluding steroid dienone is 1. The van der Waals surface area contributed by atoms with Gasteiger partial charge in [-0.15, -0.1) is 0 Å². The van der Waals surface area contributed by atoms with Gasteiger partial charge in [0.05, 0.1) is 38.1 Å². The lowest BCUT2D eigenvalue weighted by molar-refractivity contribution is -0.380. The third kappa shape index (κ3) is 7.10. The molecule has 8 fully saturated rings. The minimum Gasteiger partial charge on any atom is -0.394 e. The quantitative estimate of drug-likeness (QED) is 0.158. The molecule has 0 aromatic carbocycles. The molecule has 342 valence electrons. The number of aliphatic hydroxyl groups is 8. The first-order valence-electron chi connectivity index (χ1n) is 22.8. The molecule has 9 rings (SSSR count). The van der Waals surface area contributed by atoms with E-state index in [1.165, 1.54) is 18.9 Å². The Kier molecular flexibility index (Phi) is 12.2. The van der Waals surface area contributed by atoms with E-state index in [0.29, 0.717) is 48.3 Å². The van der Waals surface area contributed by atoms with Gasteiger partial charge in [0.1, 0.15) is 61.0 Å². The van der Waals surface area contributed by atoms with Crippen LogP contribution in [0.3, 0.4) is 0 Å². The molecular formula is C44H70O16. The fourth-order valence-electron chi connectivity index (χ4n) is 13.8. The summed E-state index contributed by atoms with van der Waals surface area (Å²) in [5.74, 6) is 2.65. The minimum absolute atomic E-state index is 0.0141. The Morgan fingerprint density at radius 3 is 2.10 bits per heavy atom. The summed E-state index contributed by atoms with van der Waals surface area (Å²) in [5.41, 5.74) is 1.54. The molecule has 0 amide bonds. The number of hydrogen-bond donors (Lipinski definition) is 8. The third-order valence-electron chi connectivity index (χ3n) is 17.3. The number of fused-ring (bicyclic) bond motifs is 7. The van der Waals surface area contributed by atoms with Crippen LogP contribution in [-0.2, 0) is 37.9 Å². The monoisotopic (exact) mass is 854 g/mol. The van der Waals surface area contributed by atoms with Gasteiger partial charge in [0.25, 0.3) is 0 Å². The average Bonchev–Trinajstić information content (AvgIpc) is 3.79. The molecule has 0 bridgehead atoms. The lowest BCUT2D eigenvalue weighted by Gasteiger charge is -2.58. The van der Waals surface area contributed by atoms with E-state index in [9.17, 15) is 40.9 Å². The maximum Gasteiger partial charge on any atom is 0.187 e. The Bertz CT molecular complexity index is 1560. The molecule has 8 N–H and O–H groups in total. The van der Waals surface area contributed by atoms with Crippen molar-refractivity contribution in [2.24, 2.45) is 46.3 Å². The summed E-state index contributed by atoms with van der Waals surface area (Å²) in [6.45, 7) is 10.7. The van der Waals surface area contributed by atoms with Crippen molar-refractivity contribution in [3.8, 4) is 0 Å². The van der Waals surface area contributed by atoms with Gasteiger partial charge in [-0.1, -0.05) is 39.3 Å². The summed E-state index contributed by atoms with van der Waals surface area (Å²) in [6, 6.07) is 0. The molecule has 5 aliphatic heterocycles. The number of hydrogen-bond acceptors (Lipinski definition) is 16. The van der Waals surface area contributed by atoms with Gasteiger partial charge in [-0.2, -0.15) is 0 Å². The second-order valence-electron chi connectivity index (χ2n) is 20.6. The molecule has 5 saturated heterocycles. The second kappa shape index (κ2) is 16.5. The van der Waals surface area contributed by atoms with Gasteiger partial charge in [0, 0.05) is 12.3 Å². The van der Waals surface area contributed by atoms with Gasteiger partial charge in [-0.25, -0.2) is 0 Å². The molecule has 0 unspecified atom stereocenters. The molecule has 0 radical (unpaired) electrons. The first-order valence-corrected chi connectivity index (χ1v) is 22.8. The van der Waals surface area contributed by atoms with Crippen molar-refractivity contribution in [3.05, 3.63) is 11.6 Å². The van der Waals surface area contributed by atoms with E-state index in [0.717, 1.165) is 45.1 Å². The Morgan fingerprint density at radius 1 is 0.700 bits per heavy atom. The molecule has 16 nitrogen and oxygen atoms in total. The van der Waals surface area contributed by atoms with Crippen molar-refractivity contribution < 1.29 is 78.7 Å². The van der Waals surface area contributed by atoms with Gasteiger partial charge < -0.3 is 78.7 Å². The van der Waals surface area contributed by atoms with Crippen LogP contribution >= 0.6 is 0 Å². The second-order valence-corrected chi connectivity index (χ2v) is 20.6. The Hall–Kier alpha value is -0.900. The maximum absolute atomic E-state index is 11.9. The van der Waals surface area contributed by atoms with Crippen LogP contribution in [0.2, 0.25) is 0 Å². The van der Waals surface area contributed by atoms with E-state index < -0.39 is 105 Å². The summed E-state index contributed by atoms with van der Waals surface area (Å²) in [7, 11) is 0. The zero-order valence-corrected chi connectivity index (χ0v) is 35.6. The van der Waals surface area contributed by atoms with E-state index in [4.69, 9.17) is 37.9 Å². The van der Waals surface area contributed by atoms with Gasteiger partial charge >= 0.3 is 0 Å². The van der Waals surface area contributed by atoms with E-state index in [-0.39, 0.29) is 23.0 Å². The molecule has 0 aromatic heterocycles. The molecule has 4 aliphatic carbocycles. The molecular weight excluding hydrogens is 784 g/mol. The van der Waals surface area contributed by atoms with Crippen molar-refractivity contribution in [2.45, 2.75) is 196 Å². The van der Waals surface area contributed by atoms with Gasteiger partial charge in [0.15, 0.2) is 24.7 Å². The fourth-order valence-corrected chi connectivity index (χ4v) is 13.8. The summed E-state index contributed by atoms with van der Waals surface area (Å²) in [4.78, 5) is 0. The highest BCUT2D eigenvalue weighted by atomic mass is 16.8. The fraction of sp³-hybridized carbons (Fsp3) is 0.955. The zero-order valence-electron chi connectivity index (χ0n) is 35.6. The maximum atomic E-state index is 11.9. The number of aliphatic hydroxyl groups excluding tert-OH is 8. The lowest BCUT2D eigenvalue weighted by atomic mass is 9.47. The summed E-state index contributed by atoms with van der Waals surface area (Å²) >= 11 is 0. The molecule has 5 heterocycles. The first-order chi connectivity index (χ1) is 28.5. The van der Waals surface area contributed by atoms with E-state index >= 15 is 0 Å². The predicted octanol–water partition coefficient (Wildman–Crippen LogP) is 0.853. The van der Waals surface area contributed by atoms with E-state index in [1.807, 2.05) is 0 Å². The SMILES string of the molecule is C[C@@H]1CC[C@@]2(OC1)O[C@H]1C[C@H]3[C@@H]4CC=C5C[C@@H](O[C@@H]6O[C@H](CO)[C@@H](O[C@@H]7O[C@@H](CO)[C@H](O)[C@H]7O)[C@H](O)[C@H]6O[C@@H]6O[C@@H](C)[C@H](O)[C@@H](O)[C@H]6O)CC[C@]5(C)[C@H]4CC[C@]3(C)[C@H]1[C@@H]2C. The summed E-state index contributed by atoms with van der Waals surface area (Å²) in [6.07, 6.45) is -8.79. The highest BCUT2D eigenvalue weighted by Crippen LogP contribution is 2.70. The van der Waals surface area contributed by atoms with Crippen LogP contribution in [0, 0.1) is 46.3 Å². The van der Waals surface area contributed by atoms with Crippen molar-refractivity contribution in [2.75, 3.05) is 19.8 Å². The van der Waals surface area contributed by atoms with Gasteiger partial charge in [-0.3, -0.25) is 0 Å². The molecule has 0 aromatic rings. The third-order valence-corrected chi connectivity index (χ3v) is 17.3. The highest BCUT2D eigenvalue weighted by molar-refractivity contribution is 5.26. The van der Waals surface area contributed by atoms with E-state index in [2.05, 4.69) is 33.8 Å². The Morgan fingerprint density at radius 2 is 1.40 bits per heavy atom. The Balaban J connectivity index is 0.913. The molecule has 3 saturated carbocycles. The standard InChI is InChI=1S/C44H70O16/c1-19-8-13-44(53-18-19)20(2)30-27(60-44)15-26-24-7-6-22-14-23(9-11-42(22,4)25(24)10-12-43(26,30)5)55-41-38(59-39-35(51)33(49)31(47)21(3)54-39)36(52)37(29(17-46)57-41)58-40-34(50)32(48)28(16-45)56-40/h6,19-21,23-41,45-52H,7-18H2,1-5H3/t19-,20+,21+,23+,24-,25+,26+,27+,28+,29-,30+,31+,32+,33-,34-,35-,36+,37-,38-,39+,40+,41-,42+,43+,44-/m1/s1. The predicted molar refractivity (Wildman–Crippen MR) is 208 cm³/mol. The summed E-state index contributed by atoms with van der Waals surface area (Å²) < 4.78 is 49.9. The van der Waals surface area contributed by atoms with E-state index in [1.54, 1.807) is 0 Å². The van der Waals surface area contributed by atoms with Crippen molar-refractivity contribution in [1.29, 1.82) is 0 Å².